The van der Waals surface area contributed by atoms with Crippen molar-refractivity contribution in [2.45, 2.75) is 16.1 Å². The number of amides is 1. The molecule has 1 atom stereocenters. The first kappa shape index (κ1) is 26.7. The van der Waals surface area contributed by atoms with Gasteiger partial charge in [-0.3, -0.25) is 19.5 Å². The number of pyridine rings is 1. The van der Waals surface area contributed by atoms with Crippen molar-refractivity contribution < 1.29 is 24.2 Å². The Bertz CT molecular complexity index is 1580. The van der Waals surface area contributed by atoms with E-state index in [1.165, 1.54) is 54.6 Å². The fraction of sp³-hybridized carbons (Fsp3) is 0.148. The number of aromatic nitrogens is 3. The molecule has 2 aromatic carbocycles. The van der Waals surface area contributed by atoms with Crippen molar-refractivity contribution in [3.05, 3.63) is 94.3 Å². The molecule has 0 radical (unpaired) electrons. The smallest absolute Gasteiger partial charge is 0.301 e. The van der Waals surface area contributed by atoms with Gasteiger partial charge in [-0.05, 0) is 41.5 Å². The zero-order valence-electron chi connectivity index (χ0n) is 20.7. The lowest BCUT2D eigenvalue weighted by Crippen LogP contribution is -2.29. The average molecular weight is 581 g/mol. The molecule has 1 aliphatic heterocycles. The van der Waals surface area contributed by atoms with Crippen LogP contribution < -0.4 is 14.4 Å². The standard InChI is InChI=1S/C27H21ClN4O5S2/c1-36-19-8-7-16(13-20(19)37-2)22-21(23(33)15-9-11-29-12-10-15)24(34)25(35)32(22)26-30-31-27(39-26)38-14-17-5-3-4-6-18(17)28/h3-13,22,33H,14H2,1-2H3/b23-21+. The Morgan fingerprint density at radius 1 is 1.05 bits per heavy atom. The van der Waals surface area contributed by atoms with Crippen LogP contribution in [0.5, 0.6) is 11.5 Å². The molecule has 0 bridgehead atoms. The van der Waals surface area contributed by atoms with Crippen LogP contribution in [-0.4, -0.2) is 46.2 Å². The number of ether oxygens (including phenoxy) is 2. The zero-order valence-corrected chi connectivity index (χ0v) is 23.1. The molecule has 4 aromatic rings. The Kier molecular flexibility index (Phi) is 7.82. The van der Waals surface area contributed by atoms with Gasteiger partial charge in [0.05, 0.1) is 25.8 Å². The van der Waals surface area contributed by atoms with E-state index >= 15 is 0 Å². The molecule has 1 N–H and O–H groups in total. The van der Waals surface area contributed by atoms with Gasteiger partial charge in [-0.2, -0.15) is 0 Å². The van der Waals surface area contributed by atoms with Crippen LogP contribution in [0.1, 0.15) is 22.7 Å². The third-order valence-corrected chi connectivity index (χ3v) is 8.51. The van der Waals surface area contributed by atoms with Crippen LogP contribution in [0.15, 0.2) is 76.9 Å². The summed E-state index contributed by atoms with van der Waals surface area (Å²) < 4.78 is 11.4. The van der Waals surface area contributed by atoms with Gasteiger partial charge in [0.25, 0.3) is 5.78 Å². The Labute approximate surface area is 237 Å². The molecule has 39 heavy (non-hydrogen) atoms. The number of Topliss-reactive ketones (excluding diaryl/α,β-unsaturated/α-hetero) is 1. The Hall–Kier alpha value is -3.93. The molecule has 3 heterocycles. The van der Waals surface area contributed by atoms with Crippen molar-refractivity contribution in [2.75, 3.05) is 19.1 Å². The Balaban J connectivity index is 1.58. The second-order valence-electron chi connectivity index (χ2n) is 8.25. The van der Waals surface area contributed by atoms with Crippen LogP contribution >= 0.6 is 34.7 Å². The minimum Gasteiger partial charge on any atom is -0.507 e. The number of ketones is 1. The summed E-state index contributed by atoms with van der Waals surface area (Å²) in [7, 11) is 3.00. The van der Waals surface area contributed by atoms with Crippen molar-refractivity contribution in [1.82, 2.24) is 15.2 Å². The number of methoxy groups -OCH3 is 2. The minimum absolute atomic E-state index is 0.0844. The molecule has 0 spiro atoms. The molecule has 1 unspecified atom stereocenters. The summed E-state index contributed by atoms with van der Waals surface area (Å²) in [5, 5.41) is 20.5. The van der Waals surface area contributed by atoms with Gasteiger partial charge >= 0.3 is 5.91 Å². The number of halogens is 1. The van der Waals surface area contributed by atoms with Crippen molar-refractivity contribution >= 4 is 57.3 Å². The molecule has 9 nitrogen and oxygen atoms in total. The fourth-order valence-electron chi connectivity index (χ4n) is 4.15. The van der Waals surface area contributed by atoms with E-state index in [-0.39, 0.29) is 16.5 Å². The van der Waals surface area contributed by atoms with Crippen LogP contribution in [-0.2, 0) is 15.3 Å². The summed E-state index contributed by atoms with van der Waals surface area (Å²) in [6.07, 6.45) is 2.98. The van der Waals surface area contributed by atoms with E-state index in [0.717, 1.165) is 5.56 Å². The molecule has 0 saturated carbocycles. The summed E-state index contributed by atoms with van der Waals surface area (Å²) in [6, 6.07) is 14.7. The number of thioether (sulfide) groups is 1. The number of anilines is 1. The van der Waals surface area contributed by atoms with Gasteiger partial charge in [0.2, 0.25) is 5.13 Å². The molecule has 0 aliphatic carbocycles. The van der Waals surface area contributed by atoms with E-state index in [4.69, 9.17) is 21.1 Å². The molecule has 12 heteroatoms. The monoisotopic (exact) mass is 580 g/mol. The first-order chi connectivity index (χ1) is 18.9. The maximum atomic E-state index is 13.4. The molecule has 198 valence electrons. The first-order valence-electron chi connectivity index (χ1n) is 11.6. The second-order valence-corrected chi connectivity index (χ2v) is 10.8. The summed E-state index contributed by atoms with van der Waals surface area (Å²) in [6.45, 7) is 0. The van der Waals surface area contributed by atoms with Crippen molar-refractivity contribution in [1.29, 1.82) is 0 Å². The van der Waals surface area contributed by atoms with Crippen molar-refractivity contribution in [3.8, 4) is 11.5 Å². The maximum Gasteiger partial charge on any atom is 0.301 e. The number of aliphatic hydroxyl groups excluding tert-OH is 1. The van der Waals surface area contributed by atoms with Gasteiger partial charge in [0, 0.05) is 28.7 Å². The number of carbonyl (C=O) groups is 2. The van der Waals surface area contributed by atoms with E-state index in [2.05, 4.69) is 15.2 Å². The van der Waals surface area contributed by atoms with Gasteiger partial charge < -0.3 is 14.6 Å². The van der Waals surface area contributed by atoms with E-state index in [9.17, 15) is 14.7 Å². The van der Waals surface area contributed by atoms with Crippen molar-refractivity contribution in [3.63, 3.8) is 0 Å². The van der Waals surface area contributed by atoms with Gasteiger partial charge in [-0.25, -0.2) is 0 Å². The molecule has 1 aliphatic rings. The predicted molar refractivity (Wildman–Crippen MR) is 149 cm³/mol. The highest BCUT2D eigenvalue weighted by atomic mass is 35.5. The van der Waals surface area contributed by atoms with Gasteiger partial charge in [0.1, 0.15) is 5.76 Å². The average Bonchev–Trinajstić information content (AvgIpc) is 3.54. The minimum atomic E-state index is -0.993. The highest BCUT2D eigenvalue weighted by Crippen LogP contribution is 2.45. The molecule has 1 fully saturated rings. The third-order valence-electron chi connectivity index (χ3n) is 6.03. The van der Waals surface area contributed by atoms with Crippen LogP contribution in [0.25, 0.3) is 5.76 Å². The second kappa shape index (κ2) is 11.4. The maximum absolute atomic E-state index is 13.4. The van der Waals surface area contributed by atoms with Gasteiger partial charge in [-0.1, -0.05) is 59.0 Å². The summed E-state index contributed by atoms with van der Waals surface area (Å²) >= 11 is 8.86. The lowest BCUT2D eigenvalue weighted by atomic mass is 9.95. The Morgan fingerprint density at radius 2 is 1.79 bits per heavy atom. The summed E-state index contributed by atoms with van der Waals surface area (Å²) in [5.41, 5.74) is 1.72. The molecule has 1 saturated heterocycles. The van der Waals surface area contributed by atoms with Crippen LogP contribution in [0.4, 0.5) is 5.13 Å². The van der Waals surface area contributed by atoms with Gasteiger partial charge in [-0.15, -0.1) is 10.2 Å². The van der Waals surface area contributed by atoms with E-state index in [1.807, 2.05) is 24.3 Å². The number of nitrogens with zero attached hydrogens (tertiary/aromatic N) is 4. The largest absolute Gasteiger partial charge is 0.507 e. The molecule has 2 aromatic heterocycles. The number of benzene rings is 2. The molecular weight excluding hydrogens is 560 g/mol. The number of hydrogen-bond donors (Lipinski definition) is 1. The van der Waals surface area contributed by atoms with Crippen molar-refractivity contribution in [2.24, 2.45) is 0 Å². The predicted octanol–water partition coefficient (Wildman–Crippen LogP) is 5.52. The normalized spacial score (nSPS) is 16.5. The lowest BCUT2D eigenvalue weighted by Gasteiger charge is -2.23. The lowest BCUT2D eigenvalue weighted by molar-refractivity contribution is -0.132. The number of rotatable bonds is 8. The number of hydrogen-bond acceptors (Lipinski definition) is 10. The van der Waals surface area contributed by atoms with Crippen LogP contribution in [0.2, 0.25) is 5.02 Å². The highest BCUT2D eigenvalue weighted by molar-refractivity contribution is 8.00. The third kappa shape index (κ3) is 5.20. The number of carbonyl (C=O) groups excluding carboxylic acids is 2. The SMILES string of the molecule is COc1ccc(C2/C(=C(\O)c3ccncc3)C(=O)C(=O)N2c2nnc(SCc3ccccc3Cl)s2)cc1OC. The quantitative estimate of drug-likeness (QED) is 0.0945. The van der Waals surface area contributed by atoms with E-state index < -0.39 is 17.7 Å². The molecular formula is C27H21ClN4O5S2. The first-order valence-corrected chi connectivity index (χ1v) is 13.7. The molecule has 1 amide bonds. The van der Waals surface area contributed by atoms with E-state index in [0.29, 0.717) is 37.7 Å². The van der Waals surface area contributed by atoms with Gasteiger partial charge in [0.15, 0.2) is 15.8 Å². The fourth-order valence-corrected chi connectivity index (χ4v) is 6.30. The zero-order chi connectivity index (χ0) is 27.5. The Morgan fingerprint density at radius 3 is 2.51 bits per heavy atom. The summed E-state index contributed by atoms with van der Waals surface area (Å²) in [5.74, 6) is -0.572. The molecule has 5 rings (SSSR count). The topological polar surface area (TPSA) is 115 Å². The summed E-state index contributed by atoms with van der Waals surface area (Å²) in [4.78, 5) is 32.0. The van der Waals surface area contributed by atoms with Crippen LogP contribution in [0, 0.1) is 0 Å². The van der Waals surface area contributed by atoms with E-state index in [1.54, 1.807) is 30.3 Å². The van der Waals surface area contributed by atoms with Crippen LogP contribution in [0.3, 0.4) is 0 Å². The number of aliphatic hydroxyl groups is 1. The highest BCUT2D eigenvalue weighted by Gasteiger charge is 2.48.